The minimum atomic E-state index is -0.317. The minimum Gasteiger partial charge on any atom is -0.0985 e. The SMILES string of the molecule is C=Cc1ccc2c(c1)-c1ccccc1C21c2ccccc2-c2c(Cl)cccc21. The summed E-state index contributed by atoms with van der Waals surface area (Å²) in [5.41, 5.74) is 11.1. The molecule has 6 rings (SSSR count). The first-order chi connectivity index (χ1) is 13.8. The van der Waals surface area contributed by atoms with E-state index in [-0.39, 0.29) is 5.41 Å². The van der Waals surface area contributed by atoms with Crippen LogP contribution in [0.2, 0.25) is 5.02 Å². The molecular formula is C27H17Cl. The summed E-state index contributed by atoms with van der Waals surface area (Å²) in [6.07, 6.45) is 1.92. The third-order valence-corrected chi connectivity index (χ3v) is 6.64. The van der Waals surface area contributed by atoms with E-state index in [2.05, 4.69) is 85.4 Å². The zero-order valence-electron chi connectivity index (χ0n) is 15.2. The van der Waals surface area contributed by atoms with Gasteiger partial charge in [0.15, 0.2) is 0 Å². The Balaban J connectivity index is 1.86. The van der Waals surface area contributed by atoms with Crippen molar-refractivity contribution in [3.05, 3.63) is 124 Å². The first-order valence-electron chi connectivity index (χ1n) is 9.52. The van der Waals surface area contributed by atoms with Crippen molar-refractivity contribution in [1.82, 2.24) is 0 Å². The van der Waals surface area contributed by atoms with Crippen LogP contribution in [0.25, 0.3) is 28.3 Å². The maximum absolute atomic E-state index is 6.75. The number of hydrogen-bond donors (Lipinski definition) is 0. The Morgan fingerprint density at radius 3 is 2.07 bits per heavy atom. The predicted molar refractivity (Wildman–Crippen MR) is 118 cm³/mol. The fraction of sp³-hybridized carbons (Fsp3) is 0.0370. The van der Waals surface area contributed by atoms with Crippen LogP contribution in [0.1, 0.15) is 27.8 Å². The molecule has 132 valence electrons. The number of rotatable bonds is 1. The molecule has 1 atom stereocenters. The fourth-order valence-corrected chi connectivity index (χ4v) is 5.57. The molecule has 0 aromatic heterocycles. The molecular weight excluding hydrogens is 360 g/mol. The van der Waals surface area contributed by atoms with E-state index in [0.717, 1.165) is 16.1 Å². The zero-order chi connectivity index (χ0) is 18.9. The van der Waals surface area contributed by atoms with Gasteiger partial charge in [-0.25, -0.2) is 0 Å². The van der Waals surface area contributed by atoms with Gasteiger partial charge in [0.1, 0.15) is 0 Å². The smallest absolute Gasteiger partial charge is 0.0726 e. The molecule has 2 aliphatic carbocycles. The minimum absolute atomic E-state index is 0.317. The second-order valence-electron chi connectivity index (χ2n) is 7.51. The lowest BCUT2D eigenvalue weighted by molar-refractivity contribution is 0.794. The van der Waals surface area contributed by atoms with Gasteiger partial charge in [-0.15, -0.1) is 0 Å². The Labute approximate surface area is 169 Å². The summed E-state index contributed by atoms with van der Waals surface area (Å²) in [5.74, 6) is 0. The summed E-state index contributed by atoms with van der Waals surface area (Å²) in [5, 5.41) is 0.815. The number of fused-ring (bicyclic) bond motifs is 10. The van der Waals surface area contributed by atoms with Crippen LogP contribution >= 0.6 is 11.6 Å². The van der Waals surface area contributed by atoms with Crippen molar-refractivity contribution < 1.29 is 0 Å². The van der Waals surface area contributed by atoms with Gasteiger partial charge in [0.2, 0.25) is 0 Å². The highest BCUT2D eigenvalue weighted by atomic mass is 35.5. The molecule has 0 saturated heterocycles. The lowest BCUT2D eigenvalue weighted by Gasteiger charge is -2.30. The van der Waals surface area contributed by atoms with Crippen LogP contribution in [0.4, 0.5) is 0 Å². The maximum Gasteiger partial charge on any atom is 0.0726 e. The quantitative estimate of drug-likeness (QED) is 0.282. The molecule has 0 aliphatic heterocycles. The summed E-state index contributed by atoms with van der Waals surface area (Å²) >= 11 is 6.75. The third-order valence-electron chi connectivity index (χ3n) is 6.32. The van der Waals surface area contributed by atoms with Crippen molar-refractivity contribution >= 4 is 17.7 Å². The molecule has 0 bridgehead atoms. The molecule has 0 radical (unpaired) electrons. The van der Waals surface area contributed by atoms with Crippen LogP contribution in [-0.2, 0) is 5.41 Å². The summed E-state index contributed by atoms with van der Waals surface area (Å²) in [6, 6.07) is 30.5. The van der Waals surface area contributed by atoms with Crippen molar-refractivity contribution in [2.45, 2.75) is 5.41 Å². The Morgan fingerprint density at radius 1 is 0.643 bits per heavy atom. The van der Waals surface area contributed by atoms with Crippen LogP contribution in [0.15, 0.2) is 91.5 Å². The second-order valence-corrected chi connectivity index (χ2v) is 7.92. The van der Waals surface area contributed by atoms with Gasteiger partial charge in [0.25, 0.3) is 0 Å². The van der Waals surface area contributed by atoms with Crippen LogP contribution in [-0.4, -0.2) is 0 Å². The first kappa shape index (κ1) is 15.9. The molecule has 0 amide bonds. The fourth-order valence-electron chi connectivity index (χ4n) is 5.29. The van der Waals surface area contributed by atoms with Gasteiger partial charge in [-0.2, -0.15) is 0 Å². The van der Waals surface area contributed by atoms with E-state index < -0.39 is 0 Å². The van der Waals surface area contributed by atoms with Crippen LogP contribution in [0.3, 0.4) is 0 Å². The average Bonchev–Trinajstić information content (AvgIpc) is 3.21. The van der Waals surface area contributed by atoms with Gasteiger partial charge < -0.3 is 0 Å². The number of hydrogen-bond acceptors (Lipinski definition) is 0. The summed E-state index contributed by atoms with van der Waals surface area (Å²) in [4.78, 5) is 0. The lowest BCUT2D eigenvalue weighted by Crippen LogP contribution is -2.25. The lowest BCUT2D eigenvalue weighted by atomic mass is 9.70. The Kier molecular flexibility index (Phi) is 3.11. The molecule has 4 aromatic carbocycles. The van der Waals surface area contributed by atoms with Gasteiger partial charge in [0, 0.05) is 10.6 Å². The van der Waals surface area contributed by atoms with E-state index in [1.54, 1.807) is 0 Å². The summed E-state index contributed by atoms with van der Waals surface area (Å²) in [6.45, 7) is 3.97. The molecule has 4 aromatic rings. The molecule has 1 heteroatoms. The molecule has 0 heterocycles. The van der Waals surface area contributed by atoms with Gasteiger partial charge in [-0.1, -0.05) is 97.1 Å². The average molecular weight is 377 g/mol. The number of halogens is 1. The predicted octanol–water partition coefficient (Wildman–Crippen LogP) is 7.33. The number of benzene rings is 4. The molecule has 0 N–H and O–H groups in total. The summed E-state index contributed by atoms with van der Waals surface area (Å²) in [7, 11) is 0. The monoisotopic (exact) mass is 376 g/mol. The normalized spacial score (nSPS) is 17.8. The van der Waals surface area contributed by atoms with Gasteiger partial charge in [-0.05, 0) is 56.6 Å². The van der Waals surface area contributed by atoms with Gasteiger partial charge in [-0.3, -0.25) is 0 Å². The van der Waals surface area contributed by atoms with Gasteiger partial charge >= 0.3 is 0 Å². The van der Waals surface area contributed by atoms with E-state index in [1.165, 1.54) is 38.9 Å². The molecule has 0 fully saturated rings. The first-order valence-corrected chi connectivity index (χ1v) is 9.90. The highest BCUT2D eigenvalue weighted by Crippen LogP contribution is 2.63. The Hall–Kier alpha value is -3.09. The van der Waals surface area contributed by atoms with Crippen LogP contribution < -0.4 is 0 Å². The molecule has 0 nitrogen and oxygen atoms in total. The standard InChI is InChI=1S/C27H17Cl/c1-2-17-14-15-23-20(16-17)18-8-3-5-10-21(18)27(23)22-11-6-4-9-19(22)26-24(27)12-7-13-25(26)28/h2-16H,1H2. The van der Waals surface area contributed by atoms with Crippen molar-refractivity contribution in [3.8, 4) is 22.3 Å². The highest BCUT2D eigenvalue weighted by molar-refractivity contribution is 6.34. The molecule has 1 unspecified atom stereocenters. The van der Waals surface area contributed by atoms with Crippen molar-refractivity contribution in [1.29, 1.82) is 0 Å². The van der Waals surface area contributed by atoms with E-state index in [0.29, 0.717) is 0 Å². The van der Waals surface area contributed by atoms with E-state index >= 15 is 0 Å². The second kappa shape index (κ2) is 5.47. The van der Waals surface area contributed by atoms with E-state index in [1.807, 2.05) is 12.1 Å². The zero-order valence-corrected chi connectivity index (χ0v) is 16.0. The topological polar surface area (TPSA) is 0 Å². The van der Waals surface area contributed by atoms with Crippen LogP contribution in [0.5, 0.6) is 0 Å². The van der Waals surface area contributed by atoms with Crippen molar-refractivity contribution in [2.75, 3.05) is 0 Å². The van der Waals surface area contributed by atoms with Crippen molar-refractivity contribution in [2.24, 2.45) is 0 Å². The van der Waals surface area contributed by atoms with E-state index in [9.17, 15) is 0 Å². The summed E-state index contributed by atoms with van der Waals surface area (Å²) < 4.78 is 0. The van der Waals surface area contributed by atoms with Gasteiger partial charge in [0.05, 0.1) is 5.41 Å². The molecule has 28 heavy (non-hydrogen) atoms. The molecule has 2 aliphatic rings. The third kappa shape index (κ3) is 1.72. The Morgan fingerprint density at radius 2 is 1.29 bits per heavy atom. The highest BCUT2D eigenvalue weighted by Gasteiger charge is 2.51. The largest absolute Gasteiger partial charge is 0.0985 e. The maximum atomic E-state index is 6.75. The van der Waals surface area contributed by atoms with Crippen molar-refractivity contribution in [3.63, 3.8) is 0 Å². The molecule has 1 spiro atoms. The molecule has 0 saturated carbocycles. The van der Waals surface area contributed by atoms with E-state index in [4.69, 9.17) is 11.6 Å². The Bertz CT molecular complexity index is 1300. The van der Waals surface area contributed by atoms with Crippen LogP contribution in [0, 0.1) is 0 Å².